The van der Waals surface area contributed by atoms with Crippen LogP contribution >= 0.6 is 23.5 Å². The maximum Gasteiger partial charge on any atom is 0.145 e. The van der Waals surface area contributed by atoms with E-state index in [2.05, 4.69) is 22.3 Å². The van der Waals surface area contributed by atoms with Gasteiger partial charge >= 0.3 is 0 Å². The smallest absolute Gasteiger partial charge is 0.145 e. The highest BCUT2D eigenvalue weighted by Crippen LogP contribution is 2.41. The molecule has 2 unspecified atom stereocenters. The zero-order valence-electron chi connectivity index (χ0n) is 9.43. The number of hydrogen-bond donors (Lipinski definition) is 2. The van der Waals surface area contributed by atoms with Gasteiger partial charge in [-0.15, -0.1) is 11.8 Å². The van der Waals surface area contributed by atoms with Crippen molar-refractivity contribution in [3.63, 3.8) is 0 Å². The second kappa shape index (κ2) is 5.25. The first kappa shape index (κ1) is 12.0. The molecule has 0 amide bonds. The summed E-state index contributed by atoms with van der Waals surface area (Å²) in [5.41, 5.74) is 3.55. The van der Waals surface area contributed by atoms with Crippen molar-refractivity contribution < 1.29 is 0 Å². The Hall–Kier alpha value is -0.460. The van der Waals surface area contributed by atoms with Crippen molar-refractivity contribution in [1.82, 2.24) is 9.97 Å². The van der Waals surface area contributed by atoms with Crippen molar-refractivity contribution in [2.75, 3.05) is 16.9 Å². The molecular formula is C10H16N4S2. The second-order valence-electron chi connectivity index (χ2n) is 3.76. The summed E-state index contributed by atoms with van der Waals surface area (Å²) in [6.45, 7) is 4.21. The highest BCUT2D eigenvalue weighted by atomic mass is 32.2. The monoisotopic (exact) mass is 256 g/mol. The number of aryl methyl sites for hydroxylation is 1. The predicted molar refractivity (Wildman–Crippen MR) is 71.7 cm³/mol. The van der Waals surface area contributed by atoms with Gasteiger partial charge in [-0.25, -0.2) is 15.8 Å². The van der Waals surface area contributed by atoms with E-state index in [-0.39, 0.29) is 0 Å². The van der Waals surface area contributed by atoms with Crippen molar-refractivity contribution in [3.05, 3.63) is 17.6 Å². The lowest BCUT2D eigenvalue weighted by Gasteiger charge is -2.26. The van der Waals surface area contributed by atoms with Crippen LogP contribution in [0.1, 0.15) is 23.7 Å². The van der Waals surface area contributed by atoms with E-state index in [1.54, 1.807) is 0 Å². The molecule has 0 spiro atoms. The molecule has 2 heterocycles. The van der Waals surface area contributed by atoms with Gasteiger partial charge in [-0.3, -0.25) is 0 Å². The molecule has 2 rings (SSSR count). The van der Waals surface area contributed by atoms with Crippen molar-refractivity contribution in [1.29, 1.82) is 0 Å². The molecule has 4 nitrogen and oxygen atoms in total. The standard InChI is InChI=1S/C10H16N4S2/c1-6-5-8(14-11)13-10(12-6)9-7(2)15-3-4-16-9/h5,7,9H,3-4,11H2,1-2H3,(H,12,13,14). The molecule has 88 valence electrons. The Kier molecular flexibility index (Phi) is 3.94. The predicted octanol–water partition coefficient (Wildman–Crippen LogP) is 1.98. The van der Waals surface area contributed by atoms with Crippen LogP contribution in [-0.2, 0) is 0 Å². The van der Waals surface area contributed by atoms with E-state index < -0.39 is 0 Å². The number of rotatable bonds is 2. The first-order chi connectivity index (χ1) is 7.70. The fourth-order valence-corrected chi connectivity index (χ4v) is 4.40. The normalized spacial score (nSPS) is 25.4. The van der Waals surface area contributed by atoms with Gasteiger partial charge in [0.1, 0.15) is 11.6 Å². The van der Waals surface area contributed by atoms with Gasteiger partial charge in [-0.1, -0.05) is 6.92 Å². The Balaban J connectivity index is 2.27. The van der Waals surface area contributed by atoms with Crippen LogP contribution in [0.4, 0.5) is 5.82 Å². The fourth-order valence-electron chi connectivity index (χ4n) is 1.71. The van der Waals surface area contributed by atoms with E-state index in [4.69, 9.17) is 5.84 Å². The van der Waals surface area contributed by atoms with E-state index in [9.17, 15) is 0 Å². The molecule has 1 aromatic rings. The number of aromatic nitrogens is 2. The zero-order valence-corrected chi connectivity index (χ0v) is 11.1. The Morgan fingerprint density at radius 2 is 2.12 bits per heavy atom. The molecular weight excluding hydrogens is 240 g/mol. The molecule has 3 N–H and O–H groups in total. The lowest BCUT2D eigenvalue weighted by molar-refractivity contribution is 0.815. The van der Waals surface area contributed by atoms with Gasteiger partial charge in [0.05, 0.1) is 5.25 Å². The van der Waals surface area contributed by atoms with Crippen LogP contribution in [0.15, 0.2) is 6.07 Å². The van der Waals surface area contributed by atoms with Crippen molar-refractivity contribution >= 4 is 29.3 Å². The molecule has 16 heavy (non-hydrogen) atoms. The van der Waals surface area contributed by atoms with E-state index in [1.807, 2.05) is 36.5 Å². The number of nitrogens with zero attached hydrogens (tertiary/aromatic N) is 2. The van der Waals surface area contributed by atoms with Gasteiger partial charge in [0.25, 0.3) is 0 Å². The van der Waals surface area contributed by atoms with Crippen molar-refractivity contribution in [2.45, 2.75) is 24.3 Å². The Morgan fingerprint density at radius 3 is 2.81 bits per heavy atom. The van der Waals surface area contributed by atoms with Gasteiger partial charge in [-0.2, -0.15) is 11.8 Å². The number of hydrogen-bond acceptors (Lipinski definition) is 6. The number of nitrogens with one attached hydrogen (secondary N) is 1. The van der Waals surface area contributed by atoms with E-state index in [0.29, 0.717) is 16.3 Å². The summed E-state index contributed by atoms with van der Waals surface area (Å²) in [7, 11) is 0. The minimum atomic E-state index is 0.380. The van der Waals surface area contributed by atoms with Gasteiger partial charge in [-0.05, 0) is 6.92 Å². The van der Waals surface area contributed by atoms with Crippen LogP contribution < -0.4 is 11.3 Å². The third-order valence-corrected chi connectivity index (χ3v) is 5.55. The summed E-state index contributed by atoms with van der Waals surface area (Å²) in [6.07, 6.45) is 0. The summed E-state index contributed by atoms with van der Waals surface area (Å²) >= 11 is 3.93. The van der Waals surface area contributed by atoms with E-state index >= 15 is 0 Å². The Labute approximate surface area is 104 Å². The van der Waals surface area contributed by atoms with Crippen LogP contribution in [-0.4, -0.2) is 26.7 Å². The number of nitrogens with two attached hydrogens (primary N) is 1. The van der Waals surface area contributed by atoms with Gasteiger partial charge < -0.3 is 5.43 Å². The topological polar surface area (TPSA) is 63.8 Å². The summed E-state index contributed by atoms with van der Waals surface area (Å²) in [5, 5.41) is 0.942. The maximum atomic E-state index is 5.40. The molecule has 0 aliphatic carbocycles. The summed E-state index contributed by atoms with van der Waals surface area (Å²) in [4.78, 5) is 8.96. The first-order valence-corrected chi connectivity index (χ1v) is 7.36. The molecule has 0 radical (unpaired) electrons. The summed E-state index contributed by atoms with van der Waals surface area (Å²) < 4.78 is 0. The second-order valence-corrected chi connectivity index (χ2v) is 6.50. The largest absolute Gasteiger partial charge is 0.308 e. The zero-order chi connectivity index (χ0) is 11.5. The number of hydrazine groups is 1. The van der Waals surface area contributed by atoms with Crippen molar-refractivity contribution in [3.8, 4) is 0 Å². The van der Waals surface area contributed by atoms with E-state index in [1.165, 1.54) is 11.5 Å². The highest BCUT2D eigenvalue weighted by Gasteiger charge is 2.26. The average Bonchev–Trinajstić information content (AvgIpc) is 2.28. The van der Waals surface area contributed by atoms with Gasteiger partial charge in [0.15, 0.2) is 0 Å². The molecule has 6 heteroatoms. The van der Waals surface area contributed by atoms with Crippen LogP contribution in [0, 0.1) is 6.92 Å². The number of thioether (sulfide) groups is 2. The minimum absolute atomic E-state index is 0.380. The van der Waals surface area contributed by atoms with E-state index in [0.717, 1.165) is 11.5 Å². The maximum absolute atomic E-state index is 5.40. The summed E-state index contributed by atoms with van der Waals surface area (Å²) in [5.74, 6) is 9.39. The molecule has 0 aromatic carbocycles. The molecule has 2 atom stereocenters. The molecule has 1 aliphatic rings. The Bertz CT molecular complexity index is 372. The van der Waals surface area contributed by atoms with Crippen LogP contribution in [0.5, 0.6) is 0 Å². The summed E-state index contributed by atoms with van der Waals surface area (Å²) in [6, 6.07) is 1.86. The molecule has 1 aliphatic heterocycles. The third kappa shape index (κ3) is 2.61. The van der Waals surface area contributed by atoms with Gasteiger partial charge in [0, 0.05) is 28.5 Å². The first-order valence-electron chi connectivity index (χ1n) is 5.26. The number of anilines is 1. The van der Waals surface area contributed by atoms with Crippen LogP contribution in [0.2, 0.25) is 0 Å². The Morgan fingerprint density at radius 1 is 1.38 bits per heavy atom. The quantitative estimate of drug-likeness (QED) is 0.623. The number of nitrogen functional groups attached to an aromatic ring is 1. The van der Waals surface area contributed by atoms with Crippen LogP contribution in [0.3, 0.4) is 0 Å². The molecule has 0 saturated carbocycles. The molecule has 0 bridgehead atoms. The van der Waals surface area contributed by atoms with Crippen LogP contribution in [0.25, 0.3) is 0 Å². The fraction of sp³-hybridized carbons (Fsp3) is 0.600. The van der Waals surface area contributed by atoms with Gasteiger partial charge in [0.2, 0.25) is 0 Å². The molecule has 1 fully saturated rings. The lowest BCUT2D eigenvalue weighted by atomic mass is 10.3. The molecule has 1 aromatic heterocycles. The molecule has 1 saturated heterocycles. The average molecular weight is 256 g/mol. The third-order valence-electron chi connectivity index (χ3n) is 2.46. The highest BCUT2D eigenvalue weighted by molar-refractivity contribution is 8.06. The SMILES string of the molecule is Cc1cc(NN)nc(C2SCCSC2C)n1. The minimum Gasteiger partial charge on any atom is -0.308 e. The van der Waals surface area contributed by atoms with Crippen molar-refractivity contribution in [2.24, 2.45) is 5.84 Å². The lowest BCUT2D eigenvalue weighted by Crippen LogP contribution is -2.20.